The molecule has 0 spiro atoms. The van der Waals surface area contributed by atoms with Crippen molar-refractivity contribution in [2.45, 2.75) is 26.4 Å². The van der Waals surface area contributed by atoms with Crippen molar-refractivity contribution >= 4 is 16.9 Å². The average molecular weight is 343 g/mol. The van der Waals surface area contributed by atoms with E-state index in [0.717, 1.165) is 42.0 Å². The van der Waals surface area contributed by atoms with Gasteiger partial charge < -0.3 is 9.94 Å². The summed E-state index contributed by atoms with van der Waals surface area (Å²) >= 11 is 0. The number of fused-ring (bicyclic) bond motifs is 1. The van der Waals surface area contributed by atoms with Gasteiger partial charge in [0.15, 0.2) is 0 Å². The number of ether oxygens (including phenoxy) is 1. The lowest BCUT2D eigenvalue weighted by molar-refractivity contribution is -0.587. The number of carbonyl (C=O) groups excluding carboxylic acids is 1. The Labute approximate surface area is 148 Å². The van der Waals surface area contributed by atoms with E-state index in [1.807, 2.05) is 12.1 Å². The molecule has 0 atom stereocenters. The third-order valence-corrected chi connectivity index (χ3v) is 4.91. The van der Waals surface area contributed by atoms with E-state index < -0.39 is 5.97 Å². The topological polar surface area (TPSA) is 59.7 Å². The van der Waals surface area contributed by atoms with Gasteiger partial charge in [-0.3, -0.25) is 9.80 Å². The number of rotatable bonds is 4. The second-order valence-electron chi connectivity index (χ2n) is 6.79. The maximum absolute atomic E-state index is 12.7. The van der Waals surface area contributed by atoms with Crippen LogP contribution in [0.15, 0.2) is 30.3 Å². The molecule has 134 valence electrons. The number of piperazine rings is 1. The smallest absolute Gasteiger partial charge is 0.337 e. The molecule has 0 amide bonds. The molecule has 2 aromatic rings. The molecule has 0 aliphatic carbocycles. The number of hydrogen-bond acceptors (Lipinski definition) is 5. The van der Waals surface area contributed by atoms with E-state index in [9.17, 15) is 10.0 Å². The molecule has 2 heterocycles. The highest BCUT2D eigenvalue weighted by molar-refractivity contribution is 5.93. The standard InChI is InChI=1S/C19H25N3O3/c1-14(2)21-10-8-20(9-11-21)13-17-6-4-15-12-16(19(23)25-3)5-7-18(15)22(17)24/h4-7,12,14H,8-11,13H2,1-3H3. The van der Waals surface area contributed by atoms with Crippen LogP contribution in [0.4, 0.5) is 0 Å². The van der Waals surface area contributed by atoms with Crippen molar-refractivity contribution in [1.29, 1.82) is 0 Å². The average Bonchev–Trinajstić information content (AvgIpc) is 2.63. The summed E-state index contributed by atoms with van der Waals surface area (Å²) in [5.74, 6) is -0.397. The minimum Gasteiger partial charge on any atom is -0.618 e. The summed E-state index contributed by atoms with van der Waals surface area (Å²) in [6.45, 7) is 9.08. The number of methoxy groups -OCH3 is 1. The number of pyridine rings is 1. The van der Waals surface area contributed by atoms with E-state index in [-0.39, 0.29) is 0 Å². The first-order chi connectivity index (χ1) is 12.0. The SMILES string of the molecule is COC(=O)c1ccc2c(ccc(CN3CCN(C(C)C)CC3)[n+]2[O-])c1. The molecule has 6 nitrogen and oxygen atoms in total. The normalized spacial score (nSPS) is 16.5. The Morgan fingerprint density at radius 2 is 1.92 bits per heavy atom. The Morgan fingerprint density at radius 1 is 1.20 bits per heavy atom. The van der Waals surface area contributed by atoms with Crippen LogP contribution in [0.2, 0.25) is 0 Å². The predicted octanol–water partition coefficient (Wildman–Crippen LogP) is 1.79. The molecule has 0 N–H and O–H groups in total. The van der Waals surface area contributed by atoms with Crippen LogP contribution in [0.3, 0.4) is 0 Å². The van der Waals surface area contributed by atoms with Gasteiger partial charge in [-0.15, -0.1) is 0 Å². The van der Waals surface area contributed by atoms with Gasteiger partial charge in [0.1, 0.15) is 0 Å². The van der Waals surface area contributed by atoms with E-state index in [0.29, 0.717) is 23.7 Å². The molecular weight excluding hydrogens is 318 g/mol. The van der Waals surface area contributed by atoms with Gasteiger partial charge in [-0.1, -0.05) is 0 Å². The lowest BCUT2D eigenvalue weighted by Crippen LogP contribution is -2.49. The van der Waals surface area contributed by atoms with Crippen LogP contribution in [-0.2, 0) is 11.3 Å². The number of hydrogen-bond donors (Lipinski definition) is 0. The summed E-state index contributed by atoms with van der Waals surface area (Å²) in [6, 6.07) is 9.33. The summed E-state index contributed by atoms with van der Waals surface area (Å²) in [4.78, 5) is 16.4. The zero-order chi connectivity index (χ0) is 18.0. The number of esters is 1. The molecule has 25 heavy (non-hydrogen) atoms. The third kappa shape index (κ3) is 3.75. The Morgan fingerprint density at radius 3 is 2.56 bits per heavy atom. The fraction of sp³-hybridized carbons (Fsp3) is 0.474. The van der Waals surface area contributed by atoms with Gasteiger partial charge in [-0.2, -0.15) is 4.73 Å². The number of carbonyl (C=O) groups is 1. The van der Waals surface area contributed by atoms with Gasteiger partial charge >= 0.3 is 5.97 Å². The summed E-state index contributed by atoms with van der Waals surface area (Å²) in [6.07, 6.45) is 0. The lowest BCUT2D eigenvalue weighted by atomic mass is 10.1. The molecular formula is C19H25N3O3. The Hall–Kier alpha value is -2.18. The van der Waals surface area contributed by atoms with Gasteiger partial charge in [0.05, 0.1) is 19.2 Å². The summed E-state index contributed by atoms with van der Waals surface area (Å²) in [5, 5.41) is 13.4. The first-order valence-electron chi connectivity index (χ1n) is 8.69. The van der Waals surface area contributed by atoms with Gasteiger partial charge in [-0.25, -0.2) is 4.79 Å². The van der Waals surface area contributed by atoms with Crippen molar-refractivity contribution in [2.24, 2.45) is 0 Å². The van der Waals surface area contributed by atoms with Crippen LogP contribution >= 0.6 is 0 Å². The van der Waals surface area contributed by atoms with E-state index in [1.165, 1.54) is 7.11 Å². The lowest BCUT2D eigenvalue weighted by Gasteiger charge is -2.36. The first-order valence-corrected chi connectivity index (χ1v) is 8.69. The fourth-order valence-corrected chi connectivity index (χ4v) is 3.31. The van der Waals surface area contributed by atoms with Gasteiger partial charge in [-0.05, 0) is 32.0 Å². The Balaban J connectivity index is 1.77. The molecule has 1 aliphatic rings. The van der Waals surface area contributed by atoms with E-state index in [2.05, 4.69) is 23.6 Å². The molecule has 1 fully saturated rings. The van der Waals surface area contributed by atoms with Crippen LogP contribution in [0.5, 0.6) is 0 Å². The van der Waals surface area contributed by atoms with Crippen molar-refractivity contribution in [3.8, 4) is 0 Å². The third-order valence-electron chi connectivity index (χ3n) is 4.91. The highest BCUT2D eigenvalue weighted by atomic mass is 16.5. The molecule has 0 radical (unpaired) electrons. The van der Waals surface area contributed by atoms with Crippen molar-refractivity contribution in [1.82, 2.24) is 9.80 Å². The zero-order valence-electron chi connectivity index (χ0n) is 15.1. The summed E-state index contributed by atoms with van der Waals surface area (Å²) in [7, 11) is 1.35. The van der Waals surface area contributed by atoms with Crippen LogP contribution in [-0.4, -0.2) is 55.1 Å². The quantitative estimate of drug-likeness (QED) is 0.481. The van der Waals surface area contributed by atoms with Crippen LogP contribution in [0.1, 0.15) is 29.9 Å². The second-order valence-corrected chi connectivity index (χ2v) is 6.79. The molecule has 1 aliphatic heterocycles. The highest BCUT2D eigenvalue weighted by Gasteiger charge is 2.22. The largest absolute Gasteiger partial charge is 0.618 e. The second kappa shape index (κ2) is 7.37. The number of aromatic nitrogens is 1. The van der Waals surface area contributed by atoms with Gasteiger partial charge in [0, 0.05) is 49.7 Å². The summed E-state index contributed by atoms with van der Waals surface area (Å²) < 4.78 is 5.71. The number of nitrogens with zero attached hydrogens (tertiary/aromatic N) is 3. The van der Waals surface area contributed by atoms with Crippen LogP contribution in [0, 0.1) is 5.21 Å². The van der Waals surface area contributed by atoms with Crippen molar-refractivity contribution < 1.29 is 14.3 Å². The monoisotopic (exact) mass is 343 g/mol. The molecule has 3 rings (SSSR count). The Bertz CT molecular complexity index is 768. The molecule has 0 bridgehead atoms. The minimum absolute atomic E-state index is 0.397. The first kappa shape index (κ1) is 17.6. The molecule has 6 heteroatoms. The number of benzene rings is 1. The maximum Gasteiger partial charge on any atom is 0.337 e. The van der Waals surface area contributed by atoms with E-state index in [1.54, 1.807) is 18.2 Å². The summed E-state index contributed by atoms with van der Waals surface area (Å²) in [5.41, 5.74) is 1.76. The molecule has 0 unspecified atom stereocenters. The highest BCUT2D eigenvalue weighted by Crippen LogP contribution is 2.16. The van der Waals surface area contributed by atoms with Gasteiger partial charge in [0.2, 0.25) is 11.2 Å². The van der Waals surface area contributed by atoms with Crippen LogP contribution in [0.25, 0.3) is 10.9 Å². The Kier molecular flexibility index (Phi) is 5.20. The van der Waals surface area contributed by atoms with Crippen molar-refractivity contribution in [3.05, 3.63) is 46.8 Å². The molecule has 1 aromatic heterocycles. The van der Waals surface area contributed by atoms with Gasteiger partial charge in [0.25, 0.3) is 0 Å². The molecule has 1 saturated heterocycles. The maximum atomic E-state index is 12.7. The van der Waals surface area contributed by atoms with Crippen LogP contribution < -0.4 is 4.73 Å². The fourth-order valence-electron chi connectivity index (χ4n) is 3.31. The minimum atomic E-state index is -0.397. The van der Waals surface area contributed by atoms with E-state index >= 15 is 0 Å². The molecule has 1 aromatic carbocycles. The molecule has 0 saturated carbocycles. The van der Waals surface area contributed by atoms with Crippen molar-refractivity contribution in [2.75, 3.05) is 33.3 Å². The zero-order valence-corrected chi connectivity index (χ0v) is 15.1. The van der Waals surface area contributed by atoms with Crippen molar-refractivity contribution in [3.63, 3.8) is 0 Å². The van der Waals surface area contributed by atoms with E-state index in [4.69, 9.17) is 4.74 Å². The predicted molar refractivity (Wildman–Crippen MR) is 96.2 cm³/mol.